The fourth-order valence-electron chi connectivity index (χ4n) is 1.32. The molecule has 1 rings (SSSR count). The molecule has 3 heteroatoms. The fraction of sp³-hybridized carbons (Fsp3) is 0.500. The number of hydrogen-bond donors (Lipinski definition) is 2. The summed E-state index contributed by atoms with van der Waals surface area (Å²) in [7, 11) is 0. The lowest BCUT2D eigenvalue weighted by Gasteiger charge is -2.07. The molecule has 3 nitrogen and oxygen atoms in total. The van der Waals surface area contributed by atoms with Gasteiger partial charge in [0.15, 0.2) is 0 Å². The lowest BCUT2D eigenvalue weighted by Crippen LogP contribution is -2.13. The van der Waals surface area contributed by atoms with Crippen molar-refractivity contribution in [2.75, 3.05) is 19.8 Å². The average molecular weight is 209 g/mol. The van der Waals surface area contributed by atoms with E-state index in [2.05, 4.69) is 18.3 Å². The molecule has 1 aromatic carbocycles. The second-order valence-corrected chi connectivity index (χ2v) is 3.40. The van der Waals surface area contributed by atoms with Crippen molar-refractivity contribution in [3.63, 3.8) is 0 Å². The van der Waals surface area contributed by atoms with Gasteiger partial charge in [-0.25, -0.2) is 0 Å². The third kappa shape index (κ3) is 4.81. The first-order chi connectivity index (χ1) is 7.36. The highest BCUT2D eigenvalue weighted by atomic mass is 16.5. The van der Waals surface area contributed by atoms with E-state index in [0.29, 0.717) is 6.61 Å². The van der Waals surface area contributed by atoms with Crippen molar-refractivity contribution in [2.45, 2.75) is 19.9 Å². The Bertz CT molecular complexity index is 276. The van der Waals surface area contributed by atoms with Crippen LogP contribution >= 0.6 is 0 Å². The van der Waals surface area contributed by atoms with E-state index in [1.807, 2.05) is 18.2 Å². The number of rotatable bonds is 7. The summed E-state index contributed by atoms with van der Waals surface area (Å²) in [6.07, 6.45) is 1.14. The van der Waals surface area contributed by atoms with E-state index in [4.69, 9.17) is 9.84 Å². The van der Waals surface area contributed by atoms with Gasteiger partial charge in [0.25, 0.3) is 0 Å². The monoisotopic (exact) mass is 209 g/mol. The second-order valence-electron chi connectivity index (χ2n) is 3.40. The van der Waals surface area contributed by atoms with Gasteiger partial charge in [0.2, 0.25) is 0 Å². The van der Waals surface area contributed by atoms with Crippen LogP contribution in [0.15, 0.2) is 24.3 Å². The van der Waals surface area contributed by atoms with Gasteiger partial charge in [0.1, 0.15) is 12.4 Å². The lowest BCUT2D eigenvalue weighted by molar-refractivity contribution is 0.201. The van der Waals surface area contributed by atoms with Crippen LogP contribution in [0.4, 0.5) is 0 Å². The quantitative estimate of drug-likeness (QED) is 0.670. The molecule has 0 aliphatic rings. The van der Waals surface area contributed by atoms with Crippen LogP contribution in [-0.2, 0) is 6.54 Å². The predicted molar refractivity (Wildman–Crippen MR) is 61.0 cm³/mol. The highest BCUT2D eigenvalue weighted by Crippen LogP contribution is 2.12. The number of aliphatic hydroxyl groups excluding tert-OH is 1. The van der Waals surface area contributed by atoms with Crippen LogP contribution in [0.25, 0.3) is 0 Å². The Morgan fingerprint density at radius 3 is 3.00 bits per heavy atom. The van der Waals surface area contributed by atoms with Crippen molar-refractivity contribution >= 4 is 0 Å². The summed E-state index contributed by atoms with van der Waals surface area (Å²) in [5.74, 6) is 0.819. The molecule has 0 spiro atoms. The Labute approximate surface area is 91.1 Å². The van der Waals surface area contributed by atoms with Gasteiger partial charge in [-0.05, 0) is 30.7 Å². The zero-order chi connectivity index (χ0) is 10.9. The van der Waals surface area contributed by atoms with Crippen LogP contribution in [0.2, 0.25) is 0 Å². The van der Waals surface area contributed by atoms with Crippen LogP contribution in [0.1, 0.15) is 18.9 Å². The van der Waals surface area contributed by atoms with Gasteiger partial charge in [-0.15, -0.1) is 0 Å². The summed E-state index contributed by atoms with van der Waals surface area (Å²) in [4.78, 5) is 0. The molecule has 0 aliphatic carbocycles. The Kier molecular flexibility index (Phi) is 5.81. The summed E-state index contributed by atoms with van der Waals surface area (Å²) in [6, 6.07) is 7.93. The van der Waals surface area contributed by atoms with Gasteiger partial charge in [-0.1, -0.05) is 19.1 Å². The minimum Gasteiger partial charge on any atom is -0.491 e. The minimum absolute atomic E-state index is 0.0539. The third-order valence-electron chi connectivity index (χ3n) is 2.01. The van der Waals surface area contributed by atoms with E-state index < -0.39 is 0 Å². The predicted octanol–water partition coefficient (Wildman–Crippen LogP) is 1.56. The van der Waals surface area contributed by atoms with E-state index >= 15 is 0 Å². The number of hydrogen-bond acceptors (Lipinski definition) is 3. The van der Waals surface area contributed by atoms with E-state index in [1.165, 1.54) is 5.56 Å². The van der Waals surface area contributed by atoms with Crippen LogP contribution < -0.4 is 10.1 Å². The van der Waals surface area contributed by atoms with Gasteiger partial charge in [-0.2, -0.15) is 0 Å². The second kappa shape index (κ2) is 7.26. The topological polar surface area (TPSA) is 41.5 Å². The third-order valence-corrected chi connectivity index (χ3v) is 2.01. The molecule has 0 radical (unpaired) electrons. The van der Waals surface area contributed by atoms with Crippen molar-refractivity contribution in [3.8, 4) is 5.75 Å². The largest absolute Gasteiger partial charge is 0.491 e. The first-order valence-corrected chi connectivity index (χ1v) is 5.40. The molecular weight excluding hydrogens is 190 g/mol. The minimum atomic E-state index is 0.0539. The first kappa shape index (κ1) is 12.0. The Morgan fingerprint density at radius 1 is 1.40 bits per heavy atom. The zero-order valence-electron chi connectivity index (χ0n) is 9.20. The maximum absolute atomic E-state index is 8.63. The Morgan fingerprint density at radius 2 is 2.27 bits per heavy atom. The summed E-state index contributed by atoms with van der Waals surface area (Å²) >= 11 is 0. The summed E-state index contributed by atoms with van der Waals surface area (Å²) in [5, 5.41) is 12.0. The molecule has 0 bridgehead atoms. The molecular formula is C12H19NO2. The normalized spacial score (nSPS) is 10.3. The maximum atomic E-state index is 8.63. The van der Waals surface area contributed by atoms with E-state index in [-0.39, 0.29) is 6.61 Å². The molecule has 0 saturated heterocycles. The molecule has 0 atom stereocenters. The number of aliphatic hydroxyl groups is 1. The first-order valence-electron chi connectivity index (χ1n) is 5.40. The smallest absolute Gasteiger partial charge is 0.119 e. The van der Waals surface area contributed by atoms with Crippen LogP contribution in [0.3, 0.4) is 0 Å². The average Bonchev–Trinajstić information content (AvgIpc) is 2.27. The lowest BCUT2D eigenvalue weighted by atomic mass is 10.2. The molecule has 1 aromatic rings. The number of ether oxygens (including phenoxy) is 1. The molecule has 0 heterocycles. The van der Waals surface area contributed by atoms with Gasteiger partial charge < -0.3 is 15.2 Å². The van der Waals surface area contributed by atoms with Gasteiger partial charge >= 0.3 is 0 Å². The Balaban J connectivity index is 2.42. The van der Waals surface area contributed by atoms with Gasteiger partial charge in [-0.3, -0.25) is 0 Å². The molecule has 0 aliphatic heterocycles. The van der Waals surface area contributed by atoms with Crippen molar-refractivity contribution in [1.82, 2.24) is 5.32 Å². The molecule has 0 fully saturated rings. The van der Waals surface area contributed by atoms with E-state index in [1.54, 1.807) is 0 Å². The highest BCUT2D eigenvalue weighted by molar-refractivity contribution is 5.28. The number of nitrogens with one attached hydrogen (secondary N) is 1. The van der Waals surface area contributed by atoms with E-state index in [9.17, 15) is 0 Å². The molecule has 0 aromatic heterocycles. The van der Waals surface area contributed by atoms with E-state index in [0.717, 1.165) is 25.3 Å². The Hall–Kier alpha value is -1.06. The van der Waals surface area contributed by atoms with Crippen molar-refractivity contribution < 1.29 is 9.84 Å². The molecule has 84 valence electrons. The molecule has 0 unspecified atom stereocenters. The SMILES string of the molecule is CCCNCc1cccc(OCCO)c1. The molecule has 0 saturated carbocycles. The number of benzene rings is 1. The maximum Gasteiger partial charge on any atom is 0.119 e. The highest BCUT2D eigenvalue weighted by Gasteiger charge is 1.96. The van der Waals surface area contributed by atoms with Crippen molar-refractivity contribution in [2.24, 2.45) is 0 Å². The fourth-order valence-corrected chi connectivity index (χ4v) is 1.32. The molecule has 0 amide bonds. The van der Waals surface area contributed by atoms with Crippen molar-refractivity contribution in [3.05, 3.63) is 29.8 Å². The van der Waals surface area contributed by atoms with Crippen LogP contribution in [-0.4, -0.2) is 24.9 Å². The van der Waals surface area contributed by atoms with Crippen LogP contribution in [0.5, 0.6) is 5.75 Å². The van der Waals surface area contributed by atoms with Crippen LogP contribution in [0, 0.1) is 0 Å². The standard InChI is InChI=1S/C12H19NO2/c1-2-6-13-10-11-4-3-5-12(9-11)15-8-7-14/h3-5,9,13-14H,2,6-8,10H2,1H3. The summed E-state index contributed by atoms with van der Waals surface area (Å²) in [6.45, 7) is 4.45. The summed E-state index contributed by atoms with van der Waals surface area (Å²) < 4.78 is 5.32. The summed E-state index contributed by atoms with van der Waals surface area (Å²) in [5.41, 5.74) is 1.21. The van der Waals surface area contributed by atoms with Gasteiger partial charge in [0, 0.05) is 6.54 Å². The van der Waals surface area contributed by atoms with Crippen molar-refractivity contribution in [1.29, 1.82) is 0 Å². The van der Waals surface area contributed by atoms with Gasteiger partial charge in [0.05, 0.1) is 6.61 Å². The zero-order valence-corrected chi connectivity index (χ0v) is 9.20. The molecule has 15 heavy (non-hydrogen) atoms. The molecule has 2 N–H and O–H groups in total.